The summed E-state index contributed by atoms with van der Waals surface area (Å²) < 4.78 is 0. The maximum Gasteiger partial charge on any atom is 0.242 e. The molecule has 0 saturated carbocycles. The van der Waals surface area contributed by atoms with Gasteiger partial charge in [-0.3, -0.25) is 4.79 Å². The Kier molecular flexibility index (Phi) is 3.91. The molecule has 2 aromatic rings. The summed E-state index contributed by atoms with van der Waals surface area (Å²) in [5, 5.41) is 6.44. The lowest BCUT2D eigenvalue weighted by atomic mass is 9.97. The summed E-state index contributed by atoms with van der Waals surface area (Å²) in [5.74, 6) is 0.0702. The van der Waals surface area contributed by atoms with Gasteiger partial charge < -0.3 is 10.6 Å². The number of hydrogen-bond acceptors (Lipinski definition) is 2. The second-order valence-corrected chi connectivity index (χ2v) is 5.53. The van der Waals surface area contributed by atoms with Gasteiger partial charge in [0.1, 0.15) is 6.04 Å². The summed E-state index contributed by atoms with van der Waals surface area (Å²) in [6, 6.07) is 18.1. The van der Waals surface area contributed by atoms with Gasteiger partial charge in [-0.05, 0) is 37.0 Å². The van der Waals surface area contributed by atoms with Gasteiger partial charge in [0.05, 0.1) is 6.04 Å². The van der Waals surface area contributed by atoms with E-state index in [1.54, 1.807) is 0 Å². The van der Waals surface area contributed by atoms with Crippen LogP contribution < -0.4 is 10.6 Å². The fourth-order valence-electron chi connectivity index (χ4n) is 2.77. The van der Waals surface area contributed by atoms with Crippen LogP contribution in [0.5, 0.6) is 0 Å². The smallest absolute Gasteiger partial charge is 0.242 e. The van der Waals surface area contributed by atoms with E-state index in [2.05, 4.69) is 16.7 Å². The molecule has 2 N–H and O–H groups in total. The summed E-state index contributed by atoms with van der Waals surface area (Å²) in [4.78, 5) is 12.4. The lowest BCUT2D eigenvalue weighted by molar-refractivity contribution is -0.122. The molecule has 0 aliphatic carbocycles. The van der Waals surface area contributed by atoms with Crippen LogP contribution in [0.3, 0.4) is 0 Å². The second kappa shape index (κ2) is 6.00. The molecule has 2 atom stereocenters. The summed E-state index contributed by atoms with van der Waals surface area (Å²) in [6.45, 7) is 2.02. The molecule has 3 nitrogen and oxygen atoms in total. The molecule has 0 unspecified atom stereocenters. The van der Waals surface area contributed by atoms with E-state index in [4.69, 9.17) is 0 Å². The number of hydrogen-bond donors (Lipinski definition) is 2. The van der Waals surface area contributed by atoms with Crippen LogP contribution in [0.4, 0.5) is 5.69 Å². The fourth-order valence-corrected chi connectivity index (χ4v) is 2.77. The van der Waals surface area contributed by atoms with E-state index >= 15 is 0 Å². The topological polar surface area (TPSA) is 41.1 Å². The van der Waals surface area contributed by atoms with Crippen LogP contribution >= 0.6 is 0 Å². The number of rotatable bonds is 3. The van der Waals surface area contributed by atoms with Crippen molar-refractivity contribution < 1.29 is 4.79 Å². The van der Waals surface area contributed by atoms with Gasteiger partial charge in [0, 0.05) is 5.69 Å². The molecule has 0 spiro atoms. The fraction of sp³-hybridized carbons (Fsp3) is 0.278. The molecule has 0 bridgehead atoms. The van der Waals surface area contributed by atoms with Crippen molar-refractivity contribution >= 4 is 11.6 Å². The van der Waals surface area contributed by atoms with E-state index in [9.17, 15) is 4.79 Å². The maximum absolute atomic E-state index is 12.4. The van der Waals surface area contributed by atoms with Crippen molar-refractivity contribution in [2.24, 2.45) is 0 Å². The van der Waals surface area contributed by atoms with Crippen molar-refractivity contribution in [1.82, 2.24) is 5.32 Å². The molecule has 2 aromatic carbocycles. The van der Waals surface area contributed by atoms with Crippen LogP contribution in [0.2, 0.25) is 0 Å². The highest BCUT2D eigenvalue weighted by Gasteiger charge is 2.24. The van der Waals surface area contributed by atoms with Gasteiger partial charge in [-0.15, -0.1) is 0 Å². The molecule has 1 aliphatic heterocycles. The lowest BCUT2D eigenvalue weighted by Gasteiger charge is -2.27. The second-order valence-electron chi connectivity index (χ2n) is 5.53. The summed E-state index contributed by atoms with van der Waals surface area (Å²) >= 11 is 0. The maximum atomic E-state index is 12.4. The molecule has 0 radical (unpaired) electrons. The first kappa shape index (κ1) is 13.7. The van der Waals surface area contributed by atoms with Crippen LogP contribution in [0, 0.1) is 0 Å². The average Bonchev–Trinajstić information content (AvgIpc) is 2.55. The zero-order chi connectivity index (χ0) is 14.7. The van der Waals surface area contributed by atoms with Gasteiger partial charge in [0.25, 0.3) is 0 Å². The number of nitrogens with one attached hydrogen (secondary N) is 2. The Balaban J connectivity index is 1.65. The highest BCUT2D eigenvalue weighted by molar-refractivity contribution is 5.86. The minimum atomic E-state index is -0.147. The number of aryl methyl sites for hydroxylation is 1. The SMILES string of the molecule is C[C@H](NC(=O)[C@H]1CCc2ccccc2N1)c1ccccc1. The molecule has 21 heavy (non-hydrogen) atoms. The zero-order valence-corrected chi connectivity index (χ0v) is 12.2. The van der Waals surface area contributed by atoms with Crippen LogP contribution in [-0.4, -0.2) is 11.9 Å². The standard InChI is InChI=1S/C18H20N2O/c1-13(14-7-3-2-4-8-14)19-18(21)17-12-11-15-9-5-6-10-16(15)20-17/h2-10,13,17,20H,11-12H2,1H3,(H,19,21)/t13-,17+/m0/s1. The third-order valence-electron chi connectivity index (χ3n) is 4.02. The van der Waals surface area contributed by atoms with E-state index in [1.807, 2.05) is 55.5 Å². The molecule has 0 aromatic heterocycles. The van der Waals surface area contributed by atoms with E-state index in [-0.39, 0.29) is 18.0 Å². The minimum absolute atomic E-state index is 0.0256. The van der Waals surface area contributed by atoms with Crippen LogP contribution in [0.15, 0.2) is 54.6 Å². The molecule has 1 amide bonds. The first-order chi connectivity index (χ1) is 10.2. The third kappa shape index (κ3) is 3.07. The van der Waals surface area contributed by atoms with Gasteiger partial charge in [-0.2, -0.15) is 0 Å². The lowest BCUT2D eigenvalue weighted by Crippen LogP contribution is -2.42. The van der Waals surface area contributed by atoms with Gasteiger partial charge in [0.2, 0.25) is 5.91 Å². The molecule has 0 fully saturated rings. The monoisotopic (exact) mass is 280 g/mol. The molecular formula is C18H20N2O. The average molecular weight is 280 g/mol. The summed E-state index contributed by atoms with van der Waals surface area (Å²) in [5.41, 5.74) is 3.50. The number of carbonyl (C=O) groups is 1. The third-order valence-corrected chi connectivity index (χ3v) is 4.02. The van der Waals surface area contributed by atoms with E-state index in [0.717, 1.165) is 24.1 Å². The Bertz CT molecular complexity index is 624. The quantitative estimate of drug-likeness (QED) is 0.906. The van der Waals surface area contributed by atoms with Gasteiger partial charge in [-0.25, -0.2) is 0 Å². The Hall–Kier alpha value is -2.29. The van der Waals surface area contributed by atoms with Crippen molar-refractivity contribution in [2.45, 2.75) is 31.8 Å². The first-order valence-electron chi connectivity index (χ1n) is 7.44. The van der Waals surface area contributed by atoms with Crippen LogP contribution in [0.1, 0.15) is 30.5 Å². The molecule has 108 valence electrons. The number of carbonyl (C=O) groups excluding carboxylic acids is 1. The van der Waals surface area contributed by atoms with Crippen molar-refractivity contribution in [3.05, 3.63) is 65.7 Å². The van der Waals surface area contributed by atoms with Crippen molar-refractivity contribution in [2.75, 3.05) is 5.32 Å². The largest absolute Gasteiger partial charge is 0.373 e. The summed E-state index contributed by atoms with van der Waals surface area (Å²) in [7, 11) is 0. The predicted octanol–water partition coefficient (Wildman–Crippen LogP) is 3.29. The van der Waals surface area contributed by atoms with E-state index in [0.29, 0.717) is 0 Å². The molecule has 0 saturated heterocycles. The van der Waals surface area contributed by atoms with Gasteiger partial charge >= 0.3 is 0 Å². The van der Waals surface area contributed by atoms with Crippen LogP contribution in [-0.2, 0) is 11.2 Å². The summed E-state index contributed by atoms with van der Waals surface area (Å²) in [6.07, 6.45) is 1.78. The zero-order valence-electron chi connectivity index (χ0n) is 12.2. The van der Waals surface area contributed by atoms with Gasteiger partial charge in [-0.1, -0.05) is 48.5 Å². The number of benzene rings is 2. The van der Waals surface area contributed by atoms with E-state index < -0.39 is 0 Å². The molecule has 1 heterocycles. The number of para-hydroxylation sites is 1. The Morgan fingerprint density at radius 2 is 1.86 bits per heavy atom. The normalized spacial score (nSPS) is 18.2. The first-order valence-corrected chi connectivity index (χ1v) is 7.44. The molecule has 1 aliphatic rings. The predicted molar refractivity (Wildman–Crippen MR) is 85.2 cm³/mol. The van der Waals surface area contributed by atoms with Crippen molar-refractivity contribution in [3.8, 4) is 0 Å². The highest BCUT2D eigenvalue weighted by Crippen LogP contribution is 2.24. The van der Waals surface area contributed by atoms with Gasteiger partial charge in [0.15, 0.2) is 0 Å². The Morgan fingerprint density at radius 3 is 2.67 bits per heavy atom. The Labute approximate surface area is 125 Å². The number of anilines is 1. The molecular weight excluding hydrogens is 260 g/mol. The number of amides is 1. The van der Waals surface area contributed by atoms with Crippen LogP contribution in [0.25, 0.3) is 0 Å². The van der Waals surface area contributed by atoms with E-state index in [1.165, 1.54) is 5.56 Å². The van der Waals surface area contributed by atoms with Crippen molar-refractivity contribution in [1.29, 1.82) is 0 Å². The minimum Gasteiger partial charge on any atom is -0.373 e. The molecule has 3 heteroatoms. The Morgan fingerprint density at radius 1 is 1.14 bits per heavy atom. The molecule has 3 rings (SSSR count). The van der Waals surface area contributed by atoms with Crippen molar-refractivity contribution in [3.63, 3.8) is 0 Å². The number of fused-ring (bicyclic) bond motifs is 1. The highest BCUT2D eigenvalue weighted by atomic mass is 16.2.